The highest BCUT2D eigenvalue weighted by molar-refractivity contribution is 6.36. The Hall–Kier alpha value is -5.47. The molecule has 41 heavy (non-hydrogen) atoms. The normalized spacial score (nSPS) is 14.0. The molecule has 0 spiro atoms. The van der Waals surface area contributed by atoms with Gasteiger partial charge in [-0.3, -0.25) is 5.41 Å². The van der Waals surface area contributed by atoms with Crippen LogP contribution in [-0.2, 0) is 0 Å². The Morgan fingerprint density at radius 2 is 1.37 bits per heavy atom. The minimum atomic E-state index is 0.451. The van der Waals surface area contributed by atoms with Crippen LogP contribution in [0.25, 0.3) is 39.2 Å². The molecule has 0 radical (unpaired) electrons. The van der Waals surface area contributed by atoms with Crippen LogP contribution in [0.2, 0.25) is 0 Å². The van der Waals surface area contributed by atoms with Gasteiger partial charge in [-0.25, -0.2) is 0 Å². The van der Waals surface area contributed by atoms with Gasteiger partial charge in [-0.15, -0.1) is 0 Å². The topological polar surface area (TPSA) is 35.9 Å². The summed E-state index contributed by atoms with van der Waals surface area (Å²) in [6.45, 7) is 7.93. The number of nitrogens with one attached hydrogen (secondary N) is 2. The van der Waals surface area contributed by atoms with E-state index < -0.39 is 0 Å². The van der Waals surface area contributed by atoms with E-state index in [1.54, 1.807) is 6.08 Å². The molecule has 2 heteroatoms. The van der Waals surface area contributed by atoms with Crippen LogP contribution in [0.15, 0.2) is 164 Å². The SMILES string of the molecule is C=C/C=C(\C=C)C1=Cc2ccccc2/C(=C(/C(=N)c2ccccc2)c2cccc(-c3cccc4ccccc34)c2)N1. The third-order valence-electron chi connectivity index (χ3n) is 7.43. The van der Waals surface area contributed by atoms with E-state index in [1.807, 2.05) is 54.6 Å². The molecule has 0 saturated carbocycles. The second-order valence-electron chi connectivity index (χ2n) is 9.93. The van der Waals surface area contributed by atoms with Crippen molar-refractivity contribution in [2.24, 2.45) is 0 Å². The second kappa shape index (κ2) is 11.3. The number of rotatable bonds is 7. The molecule has 1 aliphatic rings. The molecule has 0 unspecified atom stereocenters. The molecule has 0 aromatic heterocycles. The Morgan fingerprint density at radius 3 is 2.20 bits per heavy atom. The summed E-state index contributed by atoms with van der Waals surface area (Å²) < 4.78 is 0. The fourth-order valence-electron chi connectivity index (χ4n) is 5.47. The van der Waals surface area contributed by atoms with Crippen molar-refractivity contribution in [1.82, 2.24) is 5.32 Å². The Kier molecular flexibility index (Phi) is 7.13. The Morgan fingerprint density at radius 1 is 0.683 bits per heavy atom. The molecule has 6 rings (SSSR count). The van der Waals surface area contributed by atoms with Gasteiger partial charge in [-0.1, -0.05) is 147 Å². The van der Waals surface area contributed by atoms with Crippen LogP contribution in [0.5, 0.6) is 0 Å². The zero-order valence-electron chi connectivity index (χ0n) is 22.8. The third kappa shape index (κ3) is 4.99. The van der Waals surface area contributed by atoms with Gasteiger partial charge in [0.2, 0.25) is 0 Å². The number of benzene rings is 5. The van der Waals surface area contributed by atoms with Crippen molar-refractivity contribution in [1.29, 1.82) is 5.41 Å². The van der Waals surface area contributed by atoms with E-state index in [2.05, 4.69) is 103 Å². The van der Waals surface area contributed by atoms with Gasteiger partial charge in [0, 0.05) is 22.4 Å². The number of hydrogen-bond donors (Lipinski definition) is 2. The molecule has 5 aromatic carbocycles. The van der Waals surface area contributed by atoms with E-state index in [0.717, 1.165) is 50.4 Å². The molecule has 1 heterocycles. The summed E-state index contributed by atoms with van der Waals surface area (Å²) in [5.41, 5.74) is 10.2. The molecule has 0 bridgehead atoms. The molecule has 0 amide bonds. The van der Waals surface area contributed by atoms with E-state index in [1.165, 1.54) is 16.3 Å². The summed E-state index contributed by atoms with van der Waals surface area (Å²) in [6, 6.07) is 41.7. The summed E-state index contributed by atoms with van der Waals surface area (Å²) in [5, 5.41) is 15.6. The maximum atomic E-state index is 9.54. The maximum Gasteiger partial charge on any atom is 0.0711 e. The Bertz CT molecular complexity index is 1900. The standard InChI is InChI=1S/C39H30N2/c1-3-14-27(4-2)36-26-31-18-9-11-23-35(31)39(41-36)37(38(40)29-16-6-5-7-17-29)32-21-12-20-30(25-32)34-24-13-19-28-15-8-10-22-33(28)34/h3-26,40-41H,1-2H2/b27-14+,39-37-,40-38?. The quantitative estimate of drug-likeness (QED) is 0.161. The molecule has 2 nitrogen and oxygen atoms in total. The minimum absolute atomic E-state index is 0.451. The zero-order chi connectivity index (χ0) is 28.2. The van der Waals surface area contributed by atoms with E-state index in [4.69, 9.17) is 0 Å². The van der Waals surface area contributed by atoms with Crippen molar-refractivity contribution in [3.8, 4) is 11.1 Å². The van der Waals surface area contributed by atoms with Gasteiger partial charge in [0.25, 0.3) is 0 Å². The monoisotopic (exact) mass is 526 g/mol. The van der Waals surface area contributed by atoms with Gasteiger partial charge in [0.05, 0.1) is 11.4 Å². The van der Waals surface area contributed by atoms with Crippen molar-refractivity contribution in [2.75, 3.05) is 0 Å². The predicted octanol–water partition coefficient (Wildman–Crippen LogP) is 9.69. The highest BCUT2D eigenvalue weighted by atomic mass is 14.9. The van der Waals surface area contributed by atoms with Crippen molar-refractivity contribution in [2.45, 2.75) is 0 Å². The molecule has 0 atom stereocenters. The van der Waals surface area contributed by atoms with E-state index in [9.17, 15) is 5.41 Å². The average molecular weight is 527 g/mol. The van der Waals surface area contributed by atoms with Crippen LogP contribution in [0.3, 0.4) is 0 Å². The van der Waals surface area contributed by atoms with Gasteiger partial charge in [0.1, 0.15) is 0 Å². The summed E-state index contributed by atoms with van der Waals surface area (Å²) in [4.78, 5) is 0. The van der Waals surface area contributed by atoms with Crippen LogP contribution in [0.1, 0.15) is 22.3 Å². The summed E-state index contributed by atoms with van der Waals surface area (Å²) in [7, 11) is 0. The summed E-state index contributed by atoms with van der Waals surface area (Å²) in [5.74, 6) is 0. The van der Waals surface area contributed by atoms with E-state index >= 15 is 0 Å². The molecule has 5 aromatic rings. The zero-order valence-corrected chi connectivity index (χ0v) is 22.8. The highest BCUT2D eigenvalue weighted by Crippen LogP contribution is 2.37. The smallest absolute Gasteiger partial charge is 0.0711 e. The molecular weight excluding hydrogens is 496 g/mol. The first-order valence-corrected chi connectivity index (χ1v) is 13.7. The van der Waals surface area contributed by atoms with Crippen LogP contribution < -0.4 is 5.32 Å². The number of fused-ring (bicyclic) bond motifs is 2. The van der Waals surface area contributed by atoms with Crippen LogP contribution in [-0.4, -0.2) is 5.71 Å². The number of allylic oxidation sites excluding steroid dienone is 4. The highest BCUT2D eigenvalue weighted by Gasteiger charge is 2.24. The Balaban J connectivity index is 1.61. The van der Waals surface area contributed by atoms with Crippen LogP contribution in [0, 0.1) is 5.41 Å². The first-order valence-electron chi connectivity index (χ1n) is 13.7. The summed E-state index contributed by atoms with van der Waals surface area (Å²) >= 11 is 0. The largest absolute Gasteiger partial charge is 0.354 e. The van der Waals surface area contributed by atoms with Gasteiger partial charge < -0.3 is 5.32 Å². The first kappa shape index (κ1) is 25.8. The first-order chi connectivity index (χ1) is 20.2. The average Bonchev–Trinajstić information content (AvgIpc) is 3.04. The molecule has 0 aliphatic carbocycles. The van der Waals surface area contributed by atoms with Crippen molar-refractivity contribution >= 4 is 33.8 Å². The van der Waals surface area contributed by atoms with Gasteiger partial charge in [-0.05, 0) is 50.7 Å². The molecule has 2 N–H and O–H groups in total. The lowest BCUT2D eigenvalue weighted by atomic mass is 9.86. The van der Waals surface area contributed by atoms with Crippen LogP contribution >= 0.6 is 0 Å². The van der Waals surface area contributed by atoms with Gasteiger partial charge >= 0.3 is 0 Å². The lowest BCUT2D eigenvalue weighted by Crippen LogP contribution is -2.21. The van der Waals surface area contributed by atoms with Crippen molar-refractivity contribution in [3.05, 3.63) is 186 Å². The molecular formula is C39H30N2. The lowest BCUT2D eigenvalue weighted by Gasteiger charge is -2.26. The molecule has 1 aliphatic heterocycles. The molecule has 0 fully saturated rings. The molecule has 196 valence electrons. The number of hydrogen-bond acceptors (Lipinski definition) is 2. The molecule has 0 saturated heterocycles. The van der Waals surface area contributed by atoms with Crippen LogP contribution in [0.4, 0.5) is 0 Å². The van der Waals surface area contributed by atoms with Gasteiger partial charge in [-0.2, -0.15) is 0 Å². The second-order valence-corrected chi connectivity index (χ2v) is 9.93. The summed E-state index contributed by atoms with van der Waals surface area (Å²) in [6.07, 6.45) is 7.67. The Labute approximate surface area is 241 Å². The van der Waals surface area contributed by atoms with Gasteiger partial charge in [0.15, 0.2) is 0 Å². The maximum absolute atomic E-state index is 9.54. The van der Waals surface area contributed by atoms with E-state index in [-0.39, 0.29) is 0 Å². The lowest BCUT2D eigenvalue weighted by molar-refractivity contribution is 1.10. The van der Waals surface area contributed by atoms with Crippen molar-refractivity contribution < 1.29 is 0 Å². The van der Waals surface area contributed by atoms with E-state index in [0.29, 0.717) is 5.71 Å². The minimum Gasteiger partial charge on any atom is -0.354 e. The fourth-order valence-corrected chi connectivity index (χ4v) is 5.47. The fraction of sp³-hybridized carbons (Fsp3) is 0. The third-order valence-corrected chi connectivity index (χ3v) is 7.43. The van der Waals surface area contributed by atoms with Crippen molar-refractivity contribution in [3.63, 3.8) is 0 Å². The predicted molar refractivity (Wildman–Crippen MR) is 176 cm³/mol.